The molecule has 2 nitrogen and oxygen atoms in total. The van der Waals surface area contributed by atoms with Crippen LogP contribution in [0.15, 0.2) is 0 Å². The van der Waals surface area contributed by atoms with Gasteiger partial charge < -0.3 is 5.73 Å². The van der Waals surface area contributed by atoms with E-state index < -0.39 is 0 Å². The van der Waals surface area contributed by atoms with Gasteiger partial charge in [-0.3, -0.25) is 0 Å². The first-order valence-corrected chi connectivity index (χ1v) is 7.23. The summed E-state index contributed by atoms with van der Waals surface area (Å²) in [5.41, 5.74) is 7.68. The molecule has 0 unspecified atom stereocenters. The van der Waals surface area contributed by atoms with Crippen LogP contribution in [0, 0.1) is 6.92 Å². The summed E-state index contributed by atoms with van der Waals surface area (Å²) >= 11 is 1.82. The molecule has 0 atom stereocenters. The van der Waals surface area contributed by atoms with Crippen LogP contribution in [0.1, 0.15) is 61.0 Å². The van der Waals surface area contributed by atoms with Crippen LogP contribution in [0.4, 0.5) is 0 Å². The molecule has 2 N–H and O–H groups in total. The number of hydrogen-bond acceptors (Lipinski definition) is 3. The maximum absolute atomic E-state index is 6.57. The van der Waals surface area contributed by atoms with E-state index in [9.17, 15) is 0 Å². The Labute approximate surface area is 102 Å². The molecule has 1 aliphatic carbocycles. The highest BCUT2D eigenvalue weighted by Gasteiger charge is 2.31. The normalized spacial score (nSPS) is 20.7. The molecule has 1 aromatic rings. The Morgan fingerprint density at radius 1 is 1.25 bits per heavy atom. The summed E-state index contributed by atoms with van der Waals surface area (Å²) in [7, 11) is 0. The van der Waals surface area contributed by atoms with Crippen molar-refractivity contribution in [3.05, 3.63) is 15.6 Å². The Morgan fingerprint density at radius 2 is 1.88 bits per heavy atom. The Bertz CT molecular complexity index is 349. The minimum atomic E-state index is -0.126. The molecular formula is C13H22N2S. The SMILES string of the molecule is CCc1nc(C2(N)CCCCCC2)sc1C. The van der Waals surface area contributed by atoms with Gasteiger partial charge in [0.15, 0.2) is 0 Å². The first-order valence-electron chi connectivity index (χ1n) is 6.41. The topological polar surface area (TPSA) is 38.9 Å². The van der Waals surface area contributed by atoms with Crippen molar-refractivity contribution in [3.63, 3.8) is 0 Å². The second-order valence-electron chi connectivity index (χ2n) is 4.95. The molecule has 0 radical (unpaired) electrons. The molecule has 0 spiro atoms. The van der Waals surface area contributed by atoms with E-state index in [0.717, 1.165) is 19.3 Å². The van der Waals surface area contributed by atoms with Crippen LogP contribution in [0.5, 0.6) is 0 Å². The van der Waals surface area contributed by atoms with Crippen molar-refractivity contribution in [2.24, 2.45) is 5.73 Å². The molecule has 0 amide bonds. The first kappa shape index (κ1) is 12.1. The number of nitrogens with two attached hydrogens (primary N) is 1. The zero-order valence-corrected chi connectivity index (χ0v) is 11.2. The summed E-state index contributed by atoms with van der Waals surface area (Å²) in [5.74, 6) is 0. The maximum Gasteiger partial charge on any atom is 0.113 e. The largest absolute Gasteiger partial charge is 0.319 e. The summed E-state index contributed by atoms with van der Waals surface area (Å²) in [6.45, 7) is 4.34. The average Bonchev–Trinajstić information content (AvgIpc) is 2.51. The summed E-state index contributed by atoms with van der Waals surface area (Å²) in [5, 5.41) is 1.18. The number of rotatable bonds is 2. The number of thiazole rings is 1. The van der Waals surface area contributed by atoms with Crippen molar-refractivity contribution < 1.29 is 0 Å². The second-order valence-corrected chi connectivity index (χ2v) is 6.15. The van der Waals surface area contributed by atoms with Crippen LogP contribution in [-0.2, 0) is 12.0 Å². The molecule has 90 valence electrons. The lowest BCUT2D eigenvalue weighted by Gasteiger charge is -2.25. The third-order valence-electron chi connectivity index (χ3n) is 3.65. The fourth-order valence-corrected chi connectivity index (χ4v) is 3.70. The lowest BCUT2D eigenvalue weighted by Crippen LogP contribution is -2.35. The van der Waals surface area contributed by atoms with E-state index in [-0.39, 0.29) is 5.54 Å². The highest BCUT2D eigenvalue weighted by Crippen LogP contribution is 2.36. The molecular weight excluding hydrogens is 216 g/mol. The molecule has 1 heterocycles. The summed E-state index contributed by atoms with van der Waals surface area (Å²) in [4.78, 5) is 6.11. The minimum absolute atomic E-state index is 0.126. The molecule has 0 saturated heterocycles. The van der Waals surface area contributed by atoms with Gasteiger partial charge in [-0.15, -0.1) is 11.3 Å². The van der Waals surface area contributed by atoms with E-state index in [1.165, 1.54) is 41.3 Å². The fraction of sp³-hybridized carbons (Fsp3) is 0.769. The van der Waals surface area contributed by atoms with Crippen molar-refractivity contribution >= 4 is 11.3 Å². The molecule has 1 fully saturated rings. The molecule has 2 rings (SSSR count). The highest BCUT2D eigenvalue weighted by atomic mass is 32.1. The van der Waals surface area contributed by atoms with Crippen molar-refractivity contribution in [2.75, 3.05) is 0 Å². The third-order valence-corrected chi connectivity index (χ3v) is 4.88. The number of nitrogens with zero attached hydrogens (tertiary/aromatic N) is 1. The number of aromatic nitrogens is 1. The van der Waals surface area contributed by atoms with Gasteiger partial charge in [0.05, 0.1) is 11.2 Å². The van der Waals surface area contributed by atoms with Crippen molar-refractivity contribution in [3.8, 4) is 0 Å². The second kappa shape index (κ2) is 4.84. The Kier molecular flexibility index (Phi) is 3.65. The lowest BCUT2D eigenvalue weighted by molar-refractivity contribution is 0.383. The van der Waals surface area contributed by atoms with E-state index in [0.29, 0.717) is 0 Å². The summed E-state index contributed by atoms with van der Waals surface area (Å²) in [6.07, 6.45) is 8.45. The van der Waals surface area contributed by atoms with Crippen LogP contribution in [-0.4, -0.2) is 4.98 Å². The Hall–Kier alpha value is -0.410. The predicted octanol–water partition coefficient (Wildman–Crippen LogP) is 3.52. The molecule has 1 aliphatic rings. The van der Waals surface area contributed by atoms with Gasteiger partial charge in [0.2, 0.25) is 0 Å². The summed E-state index contributed by atoms with van der Waals surface area (Å²) in [6, 6.07) is 0. The zero-order valence-electron chi connectivity index (χ0n) is 10.4. The first-order chi connectivity index (χ1) is 7.65. The van der Waals surface area contributed by atoms with Gasteiger partial charge in [0.1, 0.15) is 5.01 Å². The minimum Gasteiger partial charge on any atom is -0.319 e. The van der Waals surface area contributed by atoms with Crippen molar-refractivity contribution in [2.45, 2.75) is 64.3 Å². The van der Waals surface area contributed by atoms with Gasteiger partial charge >= 0.3 is 0 Å². The smallest absolute Gasteiger partial charge is 0.113 e. The third kappa shape index (κ3) is 2.30. The van der Waals surface area contributed by atoms with E-state index in [1.54, 1.807) is 0 Å². The van der Waals surface area contributed by atoms with E-state index in [1.807, 2.05) is 11.3 Å². The molecule has 0 aromatic carbocycles. The Balaban J connectivity index is 2.26. The van der Waals surface area contributed by atoms with Gasteiger partial charge in [0.25, 0.3) is 0 Å². The van der Waals surface area contributed by atoms with Gasteiger partial charge in [-0.25, -0.2) is 4.98 Å². The quantitative estimate of drug-likeness (QED) is 0.801. The fourth-order valence-electron chi connectivity index (χ4n) is 2.54. The van der Waals surface area contributed by atoms with Crippen LogP contribution in [0.2, 0.25) is 0 Å². The van der Waals surface area contributed by atoms with E-state index in [4.69, 9.17) is 10.7 Å². The van der Waals surface area contributed by atoms with Crippen molar-refractivity contribution in [1.29, 1.82) is 0 Å². The molecule has 1 aromatic heterocycles. The van der Waals surface area contributed by atoms with Gasteiger partial charge in [0, 0.05) is 4.88 Å². The molecule has 3 heteroatoms. The number of aryl methyl sites for hydroxylation is 2. The predicted molar refractivity (Wildman–Crippen MR) is 69.8 cm³/mol. The average molecular weight is 238 g/mol. The molecule has 0 bridgehead atoms. The van der Waals surface area contributed by atoms with Gasteiger partial charge in [-0.2, -0.15) is 0 Å². The van der Waals surface area contributed by atoms with Crippen LogP contribution >= 0.6 is 11.3 Å². The van der Waals surface area contributed by atoms with Gasteiger partial charge in [-0.1, -0.05) is 32.6 Å². The highest BCUT2D eigenvalue weighted by molar-refractivity contribution is 7.11. The van der Waals surface area contributed by atoms with Crippen LogP contribution in [0.3, 0.4) is 0 Å². The standard InChI is InChI=1S/C13H22N2S/c1-3-11-10(2)16-12(15-11)13(14)8-6-4-5-7-9-13/h3-9,14H2,1-2H3. The lowest BCUT2D eigenvalue weighted by atomic mass is 9.92. The summed E-state index contributed by atoms with van der Waals surface area (Å²) < 4.78 is 0. The van der Waals surface area contributed by atoms with E-state index in [2.05, 4.69) is 13.8 Å². The zero-order chi connectivity index (χ0) is 11.6. The maximum atomic E-state index is 6.57. The molecule has 0 aliphatic heterocycles. The van der Waals surface area contributed by atoms with Crippen LogP contribution < -0.4 is 5.73 Å². The van der Waals surface area contributed by atoms with Gasteiger partial charge in [-0.05, 0) is 26.2 Å². The van der Waals surface area contributed by atoms with E-state index >= 15 is 0 Å². The van der Waals surface area contributed by atoms with Crippen molar-refractivity contribution in [1.82, 2.24) is 4.98 Å². The van der Waals surface area contributed by atoms with Crippen LogP contribution in [0.25, 0.3) is 0 Å². The number of hydrogen-bond donors (Lipinski definition) is 1. The molecule has 16 heavy (non-hydrogen) atoms. The molecule has 1 saturated carbocycles. The Morgan fingerprint density at radius 3 is 2.38 bits per heavy atom. The monoisotopic (exact) mass is 238 g/mol.